The zero-order valence-electron chi connectivity index (χ0n) is 10.9. The first-order chi connectivity index (χ1) is 9.70. The number of halogens is 1. The number of thioether (sulfide) groups is 2. The number of benzene rings is 1. The summed E-state index contributed by atoms with van der Waals surface area (Å²) in [7, 11) is 0. The van der Waals surface area contributed by atoms with Crippen molar-refractivity contribution in [3.05, 3.63) is 44.8 Å². The van der Waals surface area contributed by atoms with Crippen molar-refractivity contribution in [3.63, 3.8) is 0 Å². The number of hydrogen-bond donors (Lipinski definition) is 0. The van der Waals surface area contributed by atoms with Crippen LogP contribution >= 0.6 is 39.5 Å². The molecule has 0 radical (unpaired) electrons. The molecule has 3 rings (SSSR count). The standard InChI is InChI=1S/C14H13BrN2OS2/c1-2-19-14-16-11-7-8-20-12(11)13(18)17(14)10-5-3-9(15)4-6-10/h3-6H,2,7-8H2,1H3. The van der Waals surface area contributed by atoms with Gasteiger partial charge in [0.15, 0.2) is 5.16 Å². The molecule has 20 heavy (non-hydrogen) atoms. The van der Waals surface area contributed by atoms with E-state index in [1.54, 1.807) is 28.1 Å². The van der Waals surface area contributed by atoms with E-state index in [4.69, 9.17) is 4.98 Å². The fraction of sp³-hybridized carbons (Fsp3) is 0.286. The van der Waals surface area contributed by atoms with Gasteiger partial charge < -0.3 is 0 Å². The molecule has 0 N–H and O–H groups in total. The van der Waals surface area contributed by atoms with Crippen molar-refractivity contribution >= 4 is 39.5 Å². The molecule has 0 saturated heterocycles. The number of hydrogen-bond acceptors (Lipinski definition) is 4. The van der Waals surface area contributed by atoms with Crippen LogP contribution in [0.25, 0.3) is 5.69 Å². The van der Waals surface area contributed by atoms with Gasteiger partial charge in [0.25, 0.3) is 5.56 Å². The summed E-state index contributed by atoms with van der Waals surface area (Å²) in [5.41, 5.74) is 1.90. The quantitative estimate of drug-likeness (QED) is 0.610. The maximum atomic E-state index is 12.7. The molecule has 0 aliphatic carbocycles. The van der Waals surface area contributed by atoms with Gasteiger partial charge in [-0.05, 0) is 30.0 Å². The van der Waals surface area contributed by atoms with Crippen molar-refractivity contribution in [3.8, 4) is 5.69 Å². The topological polar surface area (TPSA) is 34.9 Å². The highest BCUT2D eigenvalue weighted by Crippen LogP contribution is 2.30. The Kier molecular flexibility index (Phi) is 4.23. The van der Waals surface area contributed by atoms with Gasteiger partial charge in [0.2, 0.25) is 0 Å². The SMILES string of the molecule is CCSc1nc2c(c(=O)n1-c1ccc(Br)cc1)SCC2. The molecule has 2 aromatic rings. The molecule has 0 atom stereocenters. The number of aromatic nitrogens is 2. The first-order valence-electron chi connectivity index (χ1n) is 6.38. The molecule has 1 aromatic carbocycles. The molecular weight excluding hydrogens is 356 g/mol. The Morgan fingerprint density at radius 2 is 2.15 bits per heavy atom. The first-order valence-corrected chi connectivity index (χ1v) is 9.14. The third kappa shape index (κ3) is 2.56. The molecule has 0 unspecified atom stereocenters. The summed E-state index contributed by atoms with van der Waals surface area (Å²) in [4.78, 5) is 18.2. The molecule has 1 aliphatic heterocycles. The summed E-state index contributed by atoms with van der Waals surface area (Å²) < 4.78 is 2.74. The Balaban J connectivity index is 2.22. The largest absolute Gasteiger partial charge is 0.272 e. The number of nitrogens with zero attached hydrogens (tertiary/aromatic N) is 2. The lowest BCUT2D eigenvalue weighted by atomic mass is 10.3. The zero-order chi connectivity index (χ0) is 14.1. The Labute approximate surface area is 134 Å². The van der Waals surface area contributed by atoms with Crippen molar-refractivity contribution in [2.75, 3.05) is 11.5 Å². The fourth-order valence-corrected chi connectivity index (χ4v) is 4.18. The lowest BCUT2D eigenvalue weighted by Crippen LogP contribution is -2.23. The molecule has 1 aliphatic rings. The van der Waals surface area contributed by atoms with E-state index in [1.165, 1.54) is 0 Å². The van der Waals surface area contributed by atoms with Crippen molar-refractivity contribution < 1.29 is 0 Å². The highest BCUT2D eigenvalue weighted by molar-refractivity contribution is 9.10. The summed E-state index contributed by atoms with van der Waals surface area (Å²) in [6.45, 7) is 2.07. The highest BCUT2D eigenvalue weighted by Gasteiger charge is 2.22. The molecule has 2 heterocycles. The van der Waals surface area contributed by atoms with Gasteiger partial charge in [0.1, 0.15) is 0 Å². The maximum Gasteiger partial charge on any atom is 0.272 e. The van der Waals surface area contributed by atoms with E-state index in [0.717, 1.165) is 43.8 Å². The number of fused-ring (bicyclic) bond motifs is 1. The van der Waals surface area contributed by atoms with E-state index in [-0.39, 0.29) is 5.56 Å². The zero-order valence-corrected chi connectivity index (χ0v) is 14.1. The molecule has 104 valence electrons. The fourth-order valence-electron chi connectivity index (χ4n) is 2.14. The maximum absolute atomic E-state index is 12.7. The summed E-state index contributed by atoms with van der Waals surface area (Å²) >= 11 is 6.65. The molecule has 0 saturated carbocycles. The van der Waals surface area contributed by atoms with Crippen LogP contribution in [0.4, 0.5) is 0 Å². The Hall–Kier alpha value is -0.720. The first kappa shape index (κ1) is 14.2. The highest BCUT2D eigenvalue weighted by atomic mass is 79.9. The summed E-state index contributed by atoms with van der Waals surface area (Å²) in [5.74, 6) is 1.85. The summed E-state index contributed by atoms with van der Waals surface area (Å²) in [6.07, 6.45) is 0.897. The minimum atomic E-state index is 0.0655. The van der Waals surface area contributed by atoms with Crippen LogP contribution in [0.2, 0.25) is 0 Å². The molecule has 6 heteroatoms. The second-order valence-electron chi connectivity index (χ2n) is 4.32. The Morgan fingerprint density at radius 1 is 1.40 bits per heavy atom. The van der Waals surface area contributed by atoms with E-state index in [2.05, 4.69) is 22.9 Å². The van der Waals surface area contributed by atoms with Crippen LogP contribution < -0.4 is 5.56 Å². The van der Waals surface area contributed by atoms with Gasteiger partial charge in [-0.2, -0.15) is 0 Å². The molecule has 0 bridgehead atoms. The normalized spacial score (nSPS) is 13.5. The summed E-state index contributed by atoms with van der Waals surface area (Å²) in [6, 6.07) is 7.78. The molecule has 1 aromatic heterocycles. The average molecular weight is 369 g/mol. The molecule has 0 amide bonds. The second-order valence-corrected chi connectivity index (χ2v) is 7.57. The Morgan fingerprint density at radius 3 is 2.85 bits per heavy atom. The van der Waals surface area contributed by atoms with E-state index in [1.807, 2.05) is 24.3 Å². The van der Waals surface area contributed by atoms with Crippen molar-refractivity contribution in [2.45, 2.75) is 23.4 Å². The van der Waals surface area contributed by atoms with Crippen LogP contribution in [0, 0.1) is 0 Å². The summed E-state index contributed by atoms with van der Waals surface area (Å²) in [5, 5.41) is 0.793. The van der Waals surface area contributed by atoms with Crippen LogP contribution in [0.1, 0.15) is 12.6 Å². The smallest absolute Gasteiger partial charge is 0.268 e. The van der Waals surface area contributed by atoms with Gasteiger partial charge in [-0.3, -0.25) is 9.36 Å². The Bertz CT molecular complexity index is 698. The third-order valence-electron chi connectivity index (χ3n) is 3.02. The van der Waals surface area contributed by atoms with Crippen LogP contribution in [-0.4, -0.2) is 21.1 Å². The predicted molar refractivity (Wildman–Crippen MR) is 88.4 cm³/mol. The third-order valence-corrected chi connectivity index (χ3v) is 5.48. The van der Waals surface area contributed by atoms with Crippen LogP contribution in [0.15, 0.2) is 43.6 Å². The van der Waals surface area contributed by atoms with Crippen molar-refractivity contribution in [1.29, 1.82) is 0 Å². The van der Waals surface area contributed by atoms with E-state index < -0.39 is 0 Å². The van der Waals surface area contributed by atoms with Crippen LogP contribution in [0.5, 0.6) is 0 Å². The number of aryl methyl sites for hydroxylation is 1. The minimum Gasteiger partial charge on any atom is -0.268 e. The number of rotatable bonds is 3. The predicted octanol–water partition coefficient (Wildman–Crippen LogP) is 3.76. The van der Waals surface area contributed by atoms with Crippen molar-refractivity contribution in [2.24, 2.45) is 0 Å². The molecular formula is C14H13BrN2OS2. The molecule has 0 fully saturated rings. The second kappa shape index (κ2) is 5.95. The molecule has 0 spiro atoms. The van der Waals surface area contributed by atoms with E-state index >= 15 is 0 Å². The monoisotopic (exact) mass is 368 g/mol. The van der Waals surface area contributed by atoms with Crippen LogP contribution in [0.3, 0.4) is 0 Å². The van der Waals surface area contributed by atoms with Gasteiger partial charge >= 0.3 is 0 Å². The van der Waals surface area contributed by atoms with E-state index in [9.17, 15) is 4.79 Å². The average Bonchev–Trinajstić information content (AvgIpc) is 2.90. The van der Waals surface area contributed by atoms with Gasteiger partial charge in [-0.25, -0.2) is 4.98 Å². The van der Waals surface area contributed by atoms with Gasteiger partial charge in [0.05, 0.1) is 16.3 Å². The van der Waals surface area contributed by atoms with Gasteiger partial charge in [-0.15, -0.1) is 11.8 Å². The lowest BCUT2D eigenvalue weighted by molar-refractivity contribution is 0.740. The van der Waals surface area contributed by atoms with Gasteiger partial charge in [0, 0.05) is 16.6 Å². The van der Waals surface area contributed by atoms with E-state index in [0.29, 0.717) is 0 Å². The van der Waals surface area contributed by atoms with Crippen LogP contribution in [-0.2, 0) is 6.42 Å². The minimum absolute atomic E-state index is 0.0655. The lowest BCUT2D eigenvalue weighted by Gasteiger charge is -2.13. The molecule has 3 nitrogen and oxygen atoms in total. The van der Waals surface area contributed by atoms with Crippen molar-refractivity contribution in [1.82, 2.24) is 9.55 Å². The van der Waals surface area contributed by atoms with Gasteiger partial charge in [-0.1, -0.05) is 34.6 Å².